The molecule has 1 heterocycles. The lowest BCUT2D eigenvalue weighted by molar-refractivity contribution is -0.126. The molecule has 0 bridgehead atoms. The van der Waals surface area contributed by atoms with Gasteiger partial charge in [0.25, 0.3) is 0 Å². The quantitative estimate of drug-likeness (QED) is 0.789. The molecule has 16 heavy (non-hydrogen) atoms. The smallest absolute Gasteiger partial charge is 0.240 e. The molecule has 1 saturated carbocycles. The van der Waals surface area contributed by atoms with E-state index in [1.165, 1.54) is 24.3 Å². The number of carbonyl (C=O) groups excluding carboxylic acids is 1. The van der Waals surface area contributed by atoms with Crippen LogP contribution in [0.1, 0.15) is 38.5 Å². The number of thioether (sulfide) groups is 1. The maximum absolute atomic E-state index is 12.0. The molecule has 0 aromatic rings. The second-order valence-electron chi connectivity index (χ2n) is 5.13. The number of rotatable bonds is 3. The normalized spacial score (nSPS) is 25.6. The van der Waals surface area contributed by atoms with E-state index in [9.17, 15) is 4.79 Å². The summed E-state index contributed by atoms with van der Waals surface area (Å²) in [5.74, 6) is 3.25. The van der Waals surface area contributed by atoms with E-state index in [4.69, 9.17) is 5.73 Å². The van der Waals surface area contributed by atoms with Gasteiger partial charge in [0.15, 0.2) is 0 Å². The van der Waals surface area contributed by atoms with Gasteiger partial charge in [0.1, 0.15) is 0 Å². The molecule has 4 heteroatoms. The zero-order chi connectivity index (χ0) is 11.4. The van der Waals surface area contributed by atoms with Crippen LogP contribution < -0.4 is 11.1 Å². The molecule has 1 aliphatic heterocycles. The van der Waals surface area contributed by atoms with Gasteiger partial charge in [-0.15, -0.1) is 0 Å². The summed E-state index contributed by atoms with van der Waals surface area (Å²) in [6.07, 6.45) is 6.40. The highest BCUT2D eigenvalue weighted by Crippen LogP contribution is 2.27. The molecular weight excluding hydrogens is 220 g/mol. The van der Waals surface area contributed by atoms with Gasteiger partial charge < -0.3 is 11.1 Å². The molecule has 2 fully saturated rings. The fraction of sp³-hybridized carbons (Fsp3) is 0.917. The first-order valence-electron chi connectivity index (χ1n) is 6.36. The van der Waals surface area contributed by atoms with Gasteiger partial charge in [-0.25, -0.2) is 0 Å². The summed E-state index contributed by atoms with van der Waals surface area (Å²) in [6.45, 7) is 0.832. The molecule has 3 nitrogen and oxygen atoms in total. The van der Waals surface area contributed by atoms with Crippen molar-refractivity contribution in [1.82, 2.24) is 5.32 Å². The Morgan fingerprint density at radius 1 is 1.31 bits per heavy atom. The lowest BCUT2D eigenvalue weighted by Gasteiger charge is -2.26. The molecule has 0 spiro atoms. The number of nitrogens with two attached hydrogens (primary N) is 1. The molecule has 1 amide bonds. The highest BCUT2D eigenvalue weighted by molar-refractivity contribution is 7.99. The summed E-state index contributed by atoms with van der Waals surface area (Å²) in [7, 11) is 0. The van der Waals surface area contributed by atoms with Crippen molar-refractivity contribution in [2.75, 3.05) is 18.1 Å². The minimum absolute atomic E-state index is 0.0863. The zero-order valence-electron chi connectivity index (χ0n) is 9.84. The maximum Gasteiger partial charge on any atom is 0.240 e. The summed E-state index contributed by atoms with van der Waals surface area (Å²) >= 11 is 2.02. The first-order chi connectivity index (χ1) is 7.71. The van der Waals surface area contributed by atoms with E-state index in [2.05, 4.69) is 5.32 Å². The molecule has 0 radical (unpaired) electrons. The molecule has 2 rings (SSSR count). The van der Waals surface area contributed by atoms with Gasteiger partial charge in [-0.2, -0.15) is 11.8 Å². The van der Waals surface area contributed by atoms with Crippen LogP contribution in [0.4, 0.5) is 0 Å². The van der Waals surface area contributed by atoms with Crippen molar-refractivity contribution in [3.63, 3.8) is 0 Å². The number of carbonyl (C=O) groups is 1. The van der Waals surface area contributed by atoms with Crippen LogP contribution in [0, 0.1) is 5.92 Å². The van der Waals surface area contributed by atoms with Crippen LogP contribution in [0.2, 0.25) is 0 Å². The molecular formula is C12H22N2OS. The van der Waals surface area contributed by atoms with Gasteiger partial charge in [-0.1, -0.05) is 12.8 Å². The van der Waals surface area contributed by atoms with E-state index in [1.807, 2.05) is 11.8 Å². The summed E-state index contributed by atoms with van der Waals surface area (Å²) < 4.78 is 0. The molecule has 2 aliphatic rings. The van der Waals surface area contributed by atoms with Gasteiger partial charge in [0, 0.05) is 6.54 Å². The Bertz CT molecular complexity index is 245. The molecule has 1 aliphatic carbocycles. The summed E-state index contributed by atoms with van der Waals surface area (Å²) in [6, 6.07) is 0. The number of hydrogen-bond donors (Lipinski definition) is 2. The summed E-state index contributed by atoms with van der Waals surface area (Å²) in [5.41, 5.74) is 5.55. The second-order valence-corrected chi connectivity index (χ2v) is 6.35. The Hall–Kier alpha value is -0.220. The molecule has 0 aromatic carbocycles. The summed E-state index contributed by atoms with van der Waals surface area (Å²) in [4.78, 5) is 12.0. The van der Waals surface area contributed by atoms with Gasteiger partial charge in [-0.05, 0) is 43.1 Å². The van der Waals surface area contributed by atoms with E-state index >= 15 is 0 Å². The third-order valence-corrected chi connectivity index (χ3v) is 4.89. The average Bonchev–Trinajstić information content (AvgIpc) is 2.76. The Morgan fingerprint density at radius 3 is 2.56 bits per heavy atom. The molecule has 3 N–H and O–H groups in total. The minimum atomic E-state index is -0.552. The van der Waals surface area contributed by atoms with Crippen LogP contribution in [0.25, 0.3) is 0 Å². The van der Waals surface area contributed by atoms with Gasteiger partial charge in [0.2, 0.25) is 5.91 Å². The van der Waals surface area contributed by atoms with Gasteiger partial charge in [-0.3, -0.25) is 4.79 Å². The minimum Gasteiger partial charge on any atom is -0.354 e. The van der Waals surface area contributed by atoms with Crippen molar-refractivity contribution in [2.45, 2.75) is 44.1 Å². The van der Waals surface area contributed by atoms with Crippen molar-refractivity contribution >= 4 is 17.7 Å². The van der Waals surface area contributed by atoms with E-state index in [-0.39, 0.29) is 5.91 Å². The Labute approximate surface area is 102 Å². The third-order valence-electron chi connectivity index (χ3n) is 3.84. The molecule has 1 saturated heterocycles. The van der Waals surface area contributed by atoms with Crippen LogP contribution in [-0.2, 0) is 4.79 Å². The molecule has 0 atom stereocenters. The Balaban J connectivity index is 1.74. The van der Waals surface area contributed by atoms with Crippen LogP contribution in [-0.4, -0.2) is 29.5 Å². The van der Waals surface area contributed by atoms with E-state index in [0.29, 0.717) is 5.92 Å². The van der Waals surface area contributed by atoms with Crippen molar-refractivity contribution in [3.05, 3.63) is 0 Å². The molecule has 0 aromatic heterocycles. The first kappa shape index (κ1) is 12.2. The van der Waals surface area contributed by atoms with Gasteiger partial charge >= 0.3 is 0 Å². The second kappa shape index (κ2) is 5.41. The standard InChI is InChI=1S/C12H22N2OS/c13-12(5-1-2-6-12)11(15)14-9-10-3-7-16-8-4-10/h10H,1-9,13H2,(H,14,15). The SMILES string of the molecule is NC1(C(=O)NCC2CCSCC2)CCCC1. The van der Waals surface area contributed by atoms with Crippen molar-refractivity contribution in [2.24, 2.45) is 11.7 Å². The summed E-state index contributed by atoms with van der Waals surface area (Å²) in [5, 5.41) is 3.06. The maximum atomic E-state index is 12.0. The van der Waals surface area contributed by atoms with Crippen molar-refractivity contribution in [1.29, 1.82) is 0 Å². The van der Waals surface area contributed by atoms with E-state index < -0.39 is 5.54 Å². The lowest BCUT2D eigenvalue weighted by atomic mass is 9.97. The highest BCUT2D eigenvalue weighted by atomic mass is 32.2. The Kier molecular flexibility index (Phi) is 4.14. The Morgan fingerprint density at radius 2 is 1.94 bits per heavy atom. The lowest BCUT2D eigenvalue weighted by Crippen LogP contribution is -2.52. The fourth-order valence-corrected chi connectivity index (χ4v) is 3.80. The van der Waals surface area contributed by atoms with E-state index in [0.717, 1.165) is 32.2 Å². The van der Waals surface area contributed by atoms with Crippen LogP contribution in [0.15, 0.2) is 0 Å². The van der Waals surface area contributed by atoms with Crippen LogP contribution in [0.3, 0.4) is 0 Å². The monoisotopic (exact) mass is 242 g/mol. The third kappa shape index (κ3) is 2.92. The first-order valence-corrected chi connectivity index (χ1v) is 7.51. The average molecular weight is 242 g/mol. The number of amides is 1. The zero-order valence-corrected chi connectivity index (χ0v) is 10.7. The molecule has 92 valence electrons. The number of nitrogens with one attached hydrogen (secondary N) is 1. The predicted octanol–water partition coefficient (Wildman–Crippen LogP) is 1.52. The highest BCUT2D eigenvalue weighted by Gasteiger charge is 2.36. The van der Waals surface area contributed by atoms with Crippen LogP contribution >= 0.6 is 11.8 Å². The van der Waals surface area contributed by atoms with Crippen molar-refractivity contribution in [3.8, 4) is 0 Å². The predicted molar refractivity (Wildman–Crippen MR) is 68.4 cm³/mol. The largest absolute Gasteiger partial charge is 0.354 e. The van der Waals surface area contributed by atoms with E-state index in [1.54, 1.807) is 0 Å². The topological polar surface area (TPSA) is 55.1 Å². The number of hydrogen-bond acceptors (Lipinski definition) is 3. The van der Waals surface area contributed by atoms with Crippen molar-refractivity contribution < 1.29 is 4.79 Å². The fourth-order valence-electron chi connectivity index (χ4n) is 2.60. The van der Waals surface area contributed by atoms with Gasteiger partial charge in [0.05, 0.1) is 5.54 Å². The van der Waals surface area contributed by atoms with Crippen LogP contribution in [0.5, 0.6) is 0 Å². The molecule has 0 unspecified atom stereocenters.